The predicted molar refractivity (Wildman–Crippen MR) is 56.8 cm³/mol. The molecule has 2 nitrogen and oxygen atoms in total. The van der Waals surface area contributed by atoms with Crippen LogP contribution in [0, 0.1) is 0 Å². The Morgan fingerprint density at radius 1 is 1.33 bits per heavy atom. The van der Waals surface area contributed by atoms with Gasteiger partial charge in [-0.1, -0.05) is 13.8 Å². The van der Waals surface area contributed by atoms with Gasteiger partial charge in [0.05, 0.1) is 6.61 Å². The number of rotatable bonds is 7. The van der Waals surface area contributed by atoms with Crippen LogP contribution in [0.5, 0.6) is 0 Å². The molecular weight excluding hydrogens is 170 g/mol. The molecule has 0 fully saturated rings. The molecule has 0 atom stereocenters. The molecule has 0 rings (SSSR count). The Balaban J connectivity index is 3.76. The molecule has 0 saturated carbocycles. The van der Waals surface area contributed by atoms with E-state index < -0.39 is 0 Å². The monoisotopic (exact) mass is 191 g/mol. The molecule has 2 N–H and O–H groups in total. The largest absolute Gasteiger partial charge is 0.394 e. The second kappa shape index (κ2) is 6.75. The SMILES string of the molecule is CCC(CC)(CO)NCCSC. The third-order valence-corrected chi connectivity index (χ3v) is 3.07. The molecule has 0 saturated heterocycles. The van der Waals surface area contributed by atoms with E-state index in [9.17, 15) is 5.11 Å². The molecule has 0 heterocycles. The van der Waals surface area contributed by atoms with Gasteiger partial charge in [0.15, 0.2) is 0 Å². The number of hydrogen-bond donors (Lipinski definition) is 2. The zero-order chi connectivity index (χ0) is 9.45. The number of nitrogens with one attached hydrogen (secondary N) is 1. The average Bonchev–Trinajstić information content (AvgIpc) is 2.14. The number of thioether (sulfide) groups is 1. The van der Waals surface area contributed by atoms with Gasteiger partial charge in [0.25, 0.3) is 0 Å². The van der Waals surface area contributed by atoms with E-state index in [0.29, 0.717) is 0 Å². The molecule has 0 aliphatic carbocycles. The molecule has 0 aromatic rings. The van der Waals surface area contributed by atoms with Crippen molar-refractivity contribution in [2.24, 2.45) is 0 Å². The minimum Gasteiger partial charge on any atom is -0.394 e. The highest BCUT2D eigenvalue weighted by Gasteiger charge is 2.23. The summed E-state index contributed by atoms with van der Waals surface area (Å²) in [6, 6.07) is 0. The van der Waals surface area contributed by atoms with Crippen LogP contribution in [0.4, 0.5) is 0 Å². The lowest BCUT2D eigenvalue weighted by atomic mass is 9.94. The van der Waals surface area contributed by atoms with Crippen molar-refractivity contribution in [1.82, 2.24) is 5.32 Å². The fourth-order valence-corrected chi connectivity index (χ4v) is 1.50. The van der Waals surface area contributed by atoms with Crippen LogP contribution in [0.2, 0.25) is 0 Å². The third kappa shape index (κ3) is 3.78. The highest BCUT2D eigenvalue weighted by Crippen LogP contribution is 2.13. The van der Waals surface area contributed by atoms with E-state index in [1.165, 1.54) is 0 Å². The van der Waals surface area contributed by atoms with Crippen molar-refractivity contribution in [2.45, 2.75) is 32.2 Å². The van der Waals surface area contributed by atoms with Crippen molar-refractivity contribution >= 4 is 11.8 Å². The molecule has 0 aliphatic heterocycles. The van der Waals surface area contributed by atoms with Crippen molar-refractivity contribution in [3.8, 4) is 0 Å². The van der Waals surface area contributed by atoms with Crippen LogP contribution >= 0.6 is 11.8 Å². The van der Waals surface area contributed by atoms with Crippen molar-refractivity contribution in [1.29, 1.82) is 0 Å². The fourth-order valence-electron chi connectivity index (χ4n) is 1.20. The minimum absolute atomic E-state index is 0.0320. The van der Waals surface area contributed by atoms with Crippen LogP contribution in [0.3, 0.4) is 0 Å². The lowest BCUT2D eigenvalue weighted by Gasteiger charge is -2.30. The Morgan fingerprint density at radius 2 is 1.92 bits per heavy atom. The quantitative estimate of drug-likeness (QED) is 0.598. The van der Waals surface area contributed by atoms with Crippen molar-refractivity contribution in [3.63, 3.8) is 0 Å². The summed E-state index contributed by atoms with van der Waals surface area (Å²) < 4.78 is 0. The maximum atomic E-state index is 9.21. The summed E-state index contributed by atoms with van der Waals surface area (Å²) >= 11 is 1.83. The first-order valence-electron chi connectivity index (χ1n) is 4.59. The van der Waals surface area contributed by atoms with Crippen LogP contribution in [0.1, 0.15) is 26.7 Å². The first-order valence-corrected chi connectivity index (χ1v) is 5.99. The first kappa shape index (κ1) is 12.3. The first-order chi connectivity index (χ1) is 5.74. The van der Waals surface area contributed by atoms with E-state index in [-0.39, 0.29) is 12.1 Å². The maximum Gasteiger partial charge on any atom is 0.0613 e. The van der Waals surface area contributed by atoms with Gasteiger partial charge in [-0.2, -0.15) is 11.8 Å². The summed E-state index contributed by atoms with van der Waals surface area (Å²) in [5.74, 6) is 1.11. The molecule has 3 heteroatoms. The molecule has 0 aromatic heterocycles. The van der Waals surface area contributed by atoms with Gasteiger partial charge in [0.2, 0.25) is 0 Å². The van der Waals surface area contributed by atoms with Crippen molar-refractivity contribution in [2.75, 3.05) is 25.2 Å². The third-order valence-electron chi connectivity index (χ3n) is 2.46. The lowest BCUT2D eigenvalue weighted by molar-refractivity contribution is 0.153. The van der Waals surface area contributed by atoms with Crippen LogP contribution in [0.25, 0.3) is 0 Å². The van der Waals surface area contributed by atoms with E-state index >= 15 is 0 Å². The Bertz CT molecular complexity index is 96.4. The fraction of sp³-hybridized carbons (Fsp3) is 1.00. The van der Waals surface area contributed by atoms with E-state index in [4.69, 9.17) is 0 Å². The molecule has 0 aromatic carbocycles. The van der Waals surface area contributed by atoms with Crippen LogP contribution in [0.15, 0.2) is 0 Å². The van der Waals surface area contributed by atoms with Gasteiger partial charge < -0.3 is 10.4 Å². The number of aliphatic hydroxyl groups excluding tert-OH is 1. The average molecular weight is 191 g/mol. The molecule has 12 heavy (non-hydrogen) atoms. The van der Waals surface area contributed by atoms with Gasteiger partial charge in [-0.05, 0) is 19.1 Å². The second-order valence-electron chi connectivity index (χ2n) is 3.07. The van der Waals surface area contributed by atoms with Crippen molar-refractivity contribution in [3.05, 3.63) is 0 Å². The van der Waals surface area contributed by atoms with Crippen LogP contribution < -0.4 is 5.32 Å². The predicted octanol–water partition coefficient (Wildman–Crippen LogP) is 1.49. The molecule has 0 unspecified atom stereocenters. The van der Waals surface area contributed by atoms with Gasteiger partial charge in [0, 0.05) is 17.8 Å². The zero-order valence-corrected chi connectivity index (χ0v) is 9.21. The summed E-state index contributed by atoms with van der Waals surface area (Å²) in [6.45, 7) is 5.47. The Hall–Kier alpha value is 0.270. The van der Waals surface area contributed by atoms with Gasteiger partial charge in [-0.15, -0.1) is 0 Å². The van der Waals surface area contributed by atoms with E-state index in [2.05, 4.69) is 25.4 Å². The van der Waals surface area contributed by atoms with Crippen molar-refractivity contribution < 1.29 is 5.11 Å². The zero-order valence-electron chi connectivity index (χ0n) is 8.39. The summed E-state index contributed by atoms with van der Waals surface area (Å²) in [5, 5.41) is 12.6. The highest BCUT2D eigenvalue weighted by atomic mass is 32.2. The Labute approximate surface area is 80.1 Å². The highest BCUT2D eigenvalue weighted by molar-refractivity contribution is 7.98. The lowest BCUT2D eigenvalue weighted by Crippen LogP contribution is -2.48. The summed E-state index contributed by atoms with van der Waals surface area (Å²) in [7, 11) is 0. The smallest absolute Gasteiger partial charge is 0.0613 e. The summed E-state index contributed by atoms with van der Waals surface area (Å²) in [5.41, 5.74) is -0.0320. The number of aliphatic hydroxyl groups is 1. The molecule has 0 bridgehead atoms. The molecule has 74 valence electrons. The normalized spacial score (nSPS) is 12.0. The molecular formula is C9H21NOS. The molecule has 0 amide bonds. The summed E-state index contributed by atoms with van der Waals surface area (Å²) in [6.07, 6.45) is 4.09. The van der Waals surface area contributed by atoms with Crippen LogP contribution in [-0.4, -0.2) is 35.8 Å². The molecule has 0 aliphatic rings. The van der Waals surface area contributed by atoms with Crippen LogP contribution in [-0.2, 0) is 0 Å². The second-order valence-corrected chi connectivity index (χ2v) is 4.05. The summed E-state index contributed by atoms with van der Waals surface area (Å²) in [4.78, 5) is 0. The molecule has 0 radical (unpaired) electrons. The standard InChI is InChI=1S/C9H21NOS/c1-4-9(5-2,8-11)10-6-7-12-3/h10-11H,4-8H2,1-3H3. The number of hydrogen-bond acceptors (Lipinski definition) is 3. The topological polar surface area (TPSA) is 32.3 Å². The Kier molecular flexibility index (Phi) is 6.90. The Morgan fingerprint density at radius 3 is 2.25 bits per heavy atom. The maximum absolute atomic E-state index is 9.21. The van der Waals surface area contributed by atoms with E-state index in [0.717, 1.165) is 25.1 Å². The van der Waals surface area contributed by atoms with Gasteiger partial charge >= 0.3 is 0 Å². The van der Waals surface area contributed by atoms with E-state index in [1.54, 1.807) is 0 Å². The van der Waals surface area contributed by atoms with Gasteiger partial charge in [-0.25, -0.2) is 0 Å². The van der Waals surface area contributed by atoms with Gasteiger partial charge in [-0.3, -0.25) is 0 Å². The van der Waals surface area contributed by atoms with E-state index in [1.807, 2.05) is 11.8 Å². The van der Waals surface area contributed by atoms with Gasteiger partial charge in [0.1, 0.15) is 0 Å². The molecule has 0 spiro atoms. The minimum atomic E-state index is -0.0320.